The highest BCUT2D eigenvalue weighted by molar-refractivity contribution is 7.99. The third kappa shape index (κ3) is 3.74. The van der Waals surface area contributed by atoms with E-state index in [2.05, 4.69) is 5.32 Å². The fourth-order valence-corrected chi connectivity index (χ4v) is 2.98. The van der Waals surface area contributed by atoms with Gasteiger partial charge in [0.15, 0.2) is 0 Å². The molecule has 0 saturated heterocycles. The molecule has 1 N–H and O–H groups in total. The summed E-state index contributed by atoms with van der Waals surface area (Å²) < 4.78 is 25.5. The predicted octanol–water partition coefficient (Wildman–Crippen LogP) is 1.86. The van der Waals surface area contributed by atoms with Gasteiger partial charge in [-0.25, -0.2) is 12.7 Å². The summed E-state index contributed by atoms with van der Waals surface area (Å²) in [4.78, 5) is 11.9. The monoisotopic (exact) mass is 316 g/mol. The zero-order valence-electron chi connectivity index (χ0n) is 12.4. The van der Waals surface area contributed by atoms with Crippen LogP contribution in [0.3, 0.4) is 0 Å². The Morgan fingerprint density at radius 2 is 1.90 bits per heavy atom. The standard InChI is InChI=1S/C13H20N2O3S2/c1-9-6-11(20(17,18)15(3)4)7-12(10(9)2)14-13(16)8-19-5/h6-7H,8H2,1-5H3,(H,14,16). The number of amides is 1. The Hall–Kier alpha value is -1.05. The van der Waals surface area contributed by atoms with E-state index in [0.717, 1.165) is 15.4 Å². The van der Waals surface area contributed by atoms with Crippen LogP contribution in [0.2, 0.25) is 0 Å². The number of sulfonamides is 1. The van der Waals surface area contributed by atoms with E-state index >= 15 is 0 Å². The van der Waals surface area contributed by atoms with Crippen molar-refractivity contribution in [2.24, 2.45) is 0 Å². The average Bonchev–Trinajstić information content (AvgIpc) is 2.34. The Kier molecular flexibility index (Phi) is 5.61. The van der Waals surface area contributed by atoms with Crippen LogP contribution < -0.4 is 5.32 Å². The van der Waals surface area contributed by atoms with Gasteiger partial charge in [0, 0.05) is 19.8 Å². The Morgan fingerprint density at radius 3 is 2.40 bits per heavy atom. The number of carbonyl (C=O) groups is 1. The van der Waals surface area contributed by atoms with E-state index in [-0.39, 0.29) is 10.8 Å². The van der Waals surface area contributed by atoms with E-state index in [4.69, 9.17) is 0 Å². The number of carbonyl (C=O) groups excluding carboxylic acids is 1. The number of anilines is 1. The van der Waals surface area contributed by atoms with E-state index in [9.17, 15) is 13.2 Å². The van der Waals surface area contributed by atoms with Crippen molar-refractivity contribution in [3.8, 4) is 0 Å². The van der Waals surface area contributed by atoms with Crippen molar-refractivity contribution in [1.29, 1.82) is 0 Å². The fourth-order valence-electron chi connectivity index (χ4n) is 1.63. The van der Waals surface area contributed by atoms with Crippen molar-refractivity contribution >= 4 is 33.4 Å². The van der Waals surface area contributed by atoms with Crippen LogP contribution in [0.5, 0.6) is 0 Å². The molecule has 0 aliphatic heterocycles. The first-order valence-electron chi connectivity index (χ1n) is 6.02. The van der Waals surface area contributed by atoms with Crippen LogP contribution >= 0.6 is 11.8 Å². The topological polar surface area (TPSA) is 66.5 Å². The average molecular weight is 316 g/mol. The first-order chi connectivity index (χ1) is 9.20. The summed E-state index contributed by atoms with van der Waals surface area (Å²) >= 11 is 1.42. The molecule has 0 radical (unpaired) electrons. The van der Waals surface area contributed by atoms with Crippen LogP contribution in [0, 0.1) is 13.8 Å². The van der Waals surface area contributed by atoms with E-state index in [1.807, 2.05) is 20.1 Å². The fraction of sp³-hybridized carbons (Fsp3) is 0.462. The van der Waals surface area contributed by atoms with E-state index in [0.29, 0.717) is 11.4 Å². The molecule has 1 rings (SSSR count). The van der Waals surface area contributed by atoms with Crippen LogP contribution in [0.4, 0.5) is 5.69 Å². The van der Waals surface area contributed by atoms with Gasteiger partial charge in [-0.05, 0) is 43.4 Å². The molecule has 1 aromatic carbocycles. The maximum atomic E-state index is 12.2. The van der Waals surface area contributed by atoms with Crippen LogP contribution in [-0.4, -0.2) is 44.7 Å². The summed E-state index contributed by atoms with van der Waals surface area (Å²) in [5.41, 5.74) is 2.24. The Morgan fingerprint density at radius 1 is 1.30 bits per heavy atom. The van der Waals surface area contributed by atoms with Crippen molar-refractivity contribution in [3.63, 3.8) is 0 Å². The zero-order valence-corrected chi connectivity index (χ0v) is 14.0. The quantitative estimate of drug-likeness (QED) is 0.900. The molecule has 0 fully saturated rings. The van der Waals surface area contributed by atoms with Gasteiger partial charge in [-0.15, -0.1) is 0 Å². The molecule has 5 nitrogen and oxygen atoms in total. The smallest absolute Gasteiger partial charge is 0.242 e. The molecule has 0 heterocycles. The molecule has 1 amide bonds. The molecule has 0 aliphatic rings. The molecular formula is C13H20N2O3S2. The van der Waals surface area contributed by atoms with Crippen molar-refractivity contribution in [2.45, 2.75) is 18.7 Å². The molecule has 0 aromatic heterocycles. The van der Waals surface area contributed by atoms with Gasteiger partial charge in [-0.3, -0.25) is 4.79 Å². The number of benzene rings is 1. The molecule has 0 atom stereocenters. The summed E-state index contributed by atoms with van der Waals surface area (Å²) in [7, 11) is -0.545. The normalized spacial score (nSPS) is 11.7. The largest absolute Gasteiger partial charge is 0.325 e. The van der Waals surface area contributed by atoms with Crippen molar-refractivity contribution < 1.29 is 13.2 Å². The van der Waals surface area contributed by atoms with Gasteiger partial charge in [0.05, 0.1) is 10.6 Å². The zero-order chi connectivity index (χ0) is 15.5. The number of thioether (sulfide) groups is 1. The third-order valence-electron chi connectivity index (χ3n) is 2.97. The first-order valence-corrected chi connectivity index (χ1v) is 8.86. The summed E-state index contributed by atoms with van der Waals surface area (Å²) in [5.74, 6) is 0.197. The van der Waals surface area contributed by atoms with Crippen LogP contribution in [0.15, 0.2) is 17.0 Å². The van der Waals surface area contributed by atoms with E-state index < -0.39 is 10.0 Å². The number of nitrogens with one attached hydrogen (secondary N) is 1. The minimum atomic E-state index is -3.51. The minimum absolute atomic E-state index is 0.139. The Balaban J connectivity index is 3.27. The second kappa shape index (κ2) is 6.60. The lowest BCUT2D eigenvalue weighted by atomic mass is 10.1. The summed E-state index contributed by atoms with van der Waals surface area (Å²) in [5, 5.41) is 2.76. The number of aryl methyl sites for hydroxylation is 1. The van der Waals surface area contributed by atoms with Crippen molar-refractivity contribution in [1.82, 2.24) is 4.31 Å². The number of hydrogen-bond donors (Lipinski definition) is 1. The van der Waals surface area contributed by atoms with Gasteiger partial charge < -0.3 is 5.32 Å². The van der Waals surface area contributed by atoms with Crippen molar-refractivity contribution in [2.75, 3.05) is 31.4 Å². The molecule has 0 spiro atoms. The van der Waals surface area contributed by atoms with Gasteiger partial charge in [0.1, 0.15) is 0 Å². The van der Waals surface area contributed by atoms with Gasteiger partial charge >= 0.3 is 0 Å². The van der Waals surface area contributed by atoms with Gasteiger partial charge in [0.25, 0.3) is 0 Å². The maximum Gasteiger partial charge on any atom is 0.242 e. The lowest BCUT2D eigenvalue weighted by molar-refractivity contribution is -0.113. The lowest BCUT2D eigenvalue weighted by Crippen LogP contribution is -2.23. The van der Waals surface area contributed by atoms with Crippen LogP contribution in [0.25, 0.3) is 0 Å². The highest BCUT2D eigenvalue weighted by atomic mass is 32.2. The van der Waals surface area contributed by atoms with Crippen LogP contribution in [0.1, 0.15) is 11.1 Å². The molecule has 112 valence electrons. The second-order valence-electron chi connectivity index (χ2n) is 4.68. The summed E-state index contributed by atoms with van der Waals surface area (Å²) in [6.07, 6.45) is 1.84. The molecular weight excluding hydrogens is 296 g/mol. The molecule has 0 aliphatic carbocycles. The molecule has 7 heteroatoms. The second-order valence-corrected chi connectivity index (χ2v) is 7.70. The number of rotatable bonds is 5. The van der Waals surface area contributed by atoms with Gasteiger partial charge in [0.2, 0.25) is 15.9 Å². The molecule has 0 bridgehead atoms. The molecule has 20 heavy (non-hydrogen) atoms. The minimum Gasteiger partial charge on any atom is -0.325 e. The first kappa shape index (κ1) is 17.0. The molecule has 0 unspecified atom stereocenters. The summed E-state index contributed by atoms with van der Waals surface area (Å²) in [6, 6.07) is 3.13. The van der Waals surface area contributed by atoms with Gasteiger partial charge in [-0.1, -0.05) is 0 Å². The Labute approximate surface area is 124 Å². The Bertz CT molecular complexity index is 610. The summed E-state index contributed by atoms with van der Waals surface area (Å²) in [6.45, 7) is 3.68. The van der Waals surface area contributed by atoms with Crippen LogP contribution in [-0.2, 0) is 14.8 Å². The molecule has 0 saturated carbocycles. The SMILES string of the molecule is CSCC(=O)Nc1cc(S(=O)(=O)N(C)C)cc(C)c1C. The lowest BCUT2D eigenvalue weighted by Gasteiger charge is -2.16. The van der Waals surface area contributed by atoms with Gasteiger partial charge in [-0.2, -0.15) is 11.8 Å². The maximum absolute atomic E-state index is 12.2. The highest BCUT2D eigenvalue weighted by Crippen LogP contribution is 2.25. The highest BCUT2D eigenvalue weighted by Gasteiger charge is 2.20. The number of nitrogens with zero attached hydrogens (tertiary/aromatic N) is 1. The number of hydrogen-bond acceptors (Lipinski definition) is 4. The van der Waals surface area contributed by atoms with Crippen molar-refractivity contribution in [3.05, 3.63) is 23.3 Å². The predicted molar refractivity (Wildman–Crippen MR) is 83.8 cm³/mol. The third-order valence-corrected chi connectivity index (χ3v) is 5.31. The van der Waals surface area contributed by atoms with E-state index in [1.54, 1.807) is 6.07 Å². The molecule has 1 aromatic rings. The van der Waals surface area contributed by atoms with E-state index in [1.165, 1.54) is 31.9 Å².